The van der Waals surface area contributed by atoms with E-state index in [1.165, 1.54) is 13.1 Å². The van der Waals surface area contributed by atoms with Gasteiger partial charge in [0.15, 0.2) is 5.78 Å². The first-order chi connectivity index (χ1) is 7.08. The van der Waals surface area contributed by atoms with Crippen LogP contribution in [0.2, 0.25) is 0 Å². The van der Waals surface area contributed by atoms with Gasteiger partial charge in [0.05, 0.1) is 5.71 Å². The van der Waals surface area contributed by atoms with Crippen LogP contribution < -0.4 is 11.5 Å². The zero-order chi connectivity index (χ0) is 11.4. The maximum Gasteiger partial charge on any atom is 0.156 e. The Bertz CT molecular complexity index is 402. The van der Waals surface area contributed by atoms with Gasteiger partial charge < -0.3 is 11.5 Å². The maximum atomic E-state index is 11.3. The number of ketones is 1. The van der Waals surface area contributed by atoms with Crippen LogP contribution in [0.15, 0.2) is 33.5 Å². The van der Waals surface area contributed by atoms with Gasteiger partial charge in [0, 0.05) is 25.2 Å². The van der Waals surface area contributed by atoms with Crippen molar-refractivity contribution in [3.05, 3.63) is 23.5 Å². The third-order valence-electron chi connectivity index (χ3n) is 2.06. The van der Waals surface area contributed by atoms with Crippen LogP contribution in [0.3, 0.4) is 0 Å². The fraction of sp³-hybridized carbons (Fsp3) is 0.300. The maximum absolute atomic E-state index is 11.3. The SMILES string of the molecule is CN=C1C=C(C(C)=O)CC(N)=N/C1=C/N. The van der Waals surface area contributed by atoms with Crippen molar-refractivity contribution in [2.45, 2.75) is 13.3 Å². The Hall–Kier alpha value is -1.91. The number of nitrogens with zero attached hydrogens (tertiary/aromatic N) is 2. The van der Waals surface area contributed by atoms with Crippen LogP contribution in [0.5, 0.6) is 0 Å². The lowest BCUT2D eigenvalue weighted by atomic mass is 10.1. The summed E-state index contributed by atoms with van der Waals surface area (Å²) in [4.78, 5) is 19.3. The van der Waals surface area contributed by atoms with Crippen LogP contribution >= 0.6 is 0 Å². The lowest BCUT2D eigenvalue weighted by molar-refractivity contribution is -0.113. The van der Waals surface area contributed by atoms with Crippen molar-refractivity contribution >= 4 is 17.3 Å². The number of carbonyl (C=O) groups excluding carboxylic acids is 1. The summed E-state index contributed by atoms with van der Waals surface area (Å²) < 4.78 is 0. The minimum absolute atomic E-state index is 0.0347. The van der Waals surface area contributed by atoms with Crippen molar-refractivity contribution < 1.29 is 4.79 Å². The van der Waals surface area contributed by atoms with Crippen LogP contribution in [0, 0.1) is 0 Å². The third-order valence-corrected chi connectivity index (χ3v) is 2.06. The second-order valence-corrected chi connectivity index (χ2v) is 3.17. The first-order valence-electron chi connectivity index (χ1n) is 4.52. The summed E-state index contributed by atoms with van der Waals surface area (Å²) >= 11 is 0. The number of hydrogen-bond acceptors (Lipinski definition) is 5. The molecule has 0 saturated heterocycles. The van der Waals surface area contributed by atoms with Gasteiger partial charge in [-0.2, -0.15) is 0 Å². The largest absolute Gasteiger partial charge is 0.403 e. The summed E-state index contributed by atoms with van der Waals surface area (Å²) in [5.74, 6) is 0.333. The van der Waals surface area contributed by atoms with E-state index >= 15 is 0 Å². The number of allylic oxidation sites excluding steroid dienone is 1. The molecule has 0 atom stereocenters. The van der Waals surface area contributed by atoms with Crippen LogP contribution in [-0.4, -0.2) is 24.4 Å². The predicted octanol–water partition coefficient (Wildman–Crippen LogP) is 0.134. The summed E-state index contributed by atoms with van der Waals surface area (Å²) in [5, 5.41) is 0. The molecule has 15 heavy (non-hydrogen) atoms. The predicted molar refractivity (Wildman–Crippen MR) is 60.6 cm³/mol. The van der Waals surface area contributed by atoms with Gasteiger partial charge in [-0.3, -0.25) is 9.79 Å². The number of hydrogen-bond donors (Lipinski definition) is 2. The van der Waals surface area contributed by atoms with Crippen molar-refractivity contribution in [3.8, 4) is 0 Å². The first kappa shape index (κ1) is 11.2. The van der Waals surface area contributed by atoms with Gasteiger partial charge in [-0.1, -0.05) is 0 Å². The number of nitrogens with two attached hydrogens (primary N) is 2. The molecule has 5 heteroatoms. The van der Waals surface area contributed by atoms with Crippen molar-refractivity contribution in [1.82, 2.24) is 0 Å². The zero-order valence-electron chi connectivity index (χ0n) is 8.82. The zero-order valence-corrected chi connectivity index (χ0v) is 8.82. The standard InChI is InChI=1S/C10H14N4O/c1-6(15)7-3-8(13-2)9(5-11)14-10(12)4-7/h3,5H,4,11H2,1-2H3,(H2,12,14)/b9-5+,13-8?. The molecule has 0 spiro atoms. The quantitative estimate of drug-likeness (QED) is 0.638. The Labute approximate surface area is 88.3 Å². The smallest absolute Gasteiger partial charge is 0.156 e. The molecule has 4 N–H and O–H groups in total. The molecule has 1 aliphatic rings. The Kier molecular flexibility index (Phi) is 3.38. The molecule has 0 fully saturated rings. The molecule has 0 aromatic rings. The van der Waals surface area contributed by atoms with Crippen LogP contribution in [0.1, 0.15) is 13.3 Å². The molecule has 0 aromatic carbocycles. The topological polar surface area (TPSA) is 93.8 Å². The molecule has 0 amide bonds. The van der Waals surface area contributed by atoms with Crippen molar-refractivity contribution in [1.29, 1.82) is 0 Å². The Morgan fingerprint density at radius 2 is 2.33 bits per heavy atom. The fourth-order valence-electron chi connectivity index (χ4n) is 1.26. The molecule has 0 saturated carbocycles. The molecule has 80 valence electrons. The van der Waals surface area contributed by atoms with E-state index in [-0.39, 0.29) is 5.78 Å². The molecule has 1 heterocycles. The van der Waals surface area contributed by atoms with E-state index in [0.717, 1.165) is 0 Å². The minimum atomic E-state index is -0.0347. The van der Waals surface area contributed by atoms with Gasteiger partial charge >= 0.3 is 0 Å². The molecule has 5 nitrogen and oxygen atoms in total. The van der Waals surface area contributed by atoms with Gasteiger partial charge in [-0.25, -0.2) is 4.99 Å². The van der Waals surface area contributed by atoms with Crippen molar-refractivity contribution in [2.24, 2.45) is 21.5 Å². The number of carbonyl (C=O) groups is 1. The van der Waals surface area contributed by atoms with Gasteiger partial charge in [0.2, 0.25) is 0 Å². The highest BCUT2D eigenvalue weighted by atomic mass is 16.1. The van der Waals surface area contributed by atoms with E-state index in [4.69, 9.17) is 11.5 Å². The minimum Gasteiger partial charge on any atom is -0.403 e. The summed E-state index contributed by atoms with van der Waals surface area (Å²) in [6.07, 6.45) is 3.34. The van der Waals surface area contributed by atoms with E-state index in [1.54, 1.807) is 13.1 Å². The van der Waals surface area contributed by atoms with Crippen LogP contribution in [-0.2, 0) is 4.79 Å². The van der Waals surface area contributed by atoms with Gasteiger partial charge in [-0.05, 0) is 13.0 Å². The van der Waals surface area contributed by atoms with Crippen molar-refractivity contribution in [3.63, 3.8) is 0 Å². The lowest BCUT2D eigenvalue weighted by Crippen LogP contribution is -2.14. The normalized spacial score (nSPS) is 22.3. The average molecular weight is 206 g/mol. The molecule has 1 aliphatic heterocycles. The van der Waals surface area contributed by atoms with E-state index in [9.17, 15) is 4.79 Å². The van der Waals surface area contributed by atoms with Gasteiger partial charge in [-0.15, -0.1) is 0 Å². The highest BCUT2D eigenvalue weighted by Crippen LogP contribution is 2.13. The lowest BCUT2D eigenvalue weighted by Gasteiger charge is -1.98. The third kappa shape index (κ3) is 2.52. The van der Waals surface area contributed by atoms with E-state index in [2.05, 4.69) is 9.98 Å². The molecule has 0 radical (unpaired) electrons. The number of aliphatic imine (C=N–C) groups is 2. The molecule has 0 aromatic heterocycles. The summed E-state index contributed by atoms with van der Waals surface area (Å²) in [7, 11) is 1.62. The Balaban J connectivity index is 3.26. The highest BCUT2D eigenvalue weighted by molar-refractivity contribution is 6.16. The summed E-state index contributed by atoms with van der Waals surface area (Å²) in [6.45, 7) is 1.49. The average Bonchev–Trinajstić information content (AvgIpc) is 2.36. The molecule has 0 bridgehead atoms. The number of amidine groups is 1. The molecular weight excluding hydrogens is 192 g/mol. The van der Waals surface area contributed by atoms with Crippen LogP contribution in [0.4, 0.5) is 0 Å². The first-order valence-corrected chi connectivity index (χ1v) is 4.52. The molecule has 0 aliphatic carbocycles. The van der Waals surface area contributed by atoms with E-state index < -0.39 is 0 Å². The molecule has 1 rings (SSSR count). The second kappa shape index (κ2) is 4.54. The molecular formula is C10H14N4O. The summed E-state index contributed by atoms with van der Waals surface area (Å²) in [5.41, 5.74) is 12.7. The number of rotatable bonds is 1. The van der Waals surface area contributed by atoms with Gasteiger partial charge in [0.1, 0.15) is 11.5 Å². The monoisotopic (exact) mass is 206 g/mol. The fourth-order valence-corrected chi connectivity index (χ4v) is 1.26. The summed E-state index contributed by atoms with van der Waals surface area (Å²) in [6, 6.07) is 0. The van der Waals surface area contributed by atoms with Crippen LogP contribution in [0.25, 0.3) is 0 Å². The second-order valence-electron chi connectivity index (χ2n) is 3.17. The Morgan fingerprint density at radius 1 is 1.67 bits per heavy atom. The van der Waals surface area contributed by atoms with Gasteiger partial charge in [0.25, 0.3) is 0 Å². The Morgan fingerprint density at radius 3 is 2.80 bits per heavy atom. The highest BCUT2D eigenvalue weighted by Gasteiger charge is 2.14. The van der Waals surface area contributed by atoms with E-state index in [0.29, 0.717) is 29.2 Å². The number of Topliss-reactive ketones (excluding diaryl/α,β-unsaturated/α-hetero) is 1. The molecule has 0 unspecified atom stereocenters. The van der Waals surface area contributed by atoms with E-state index in [1.807, 2.05) is 0 Å². The van der Waals surface area contributed by atoms with Crippen molar-refractivity contribution in [2.75, 3.05) is 7.05 Å².